The van der Waals surface area contributed by atoms with Crippen molar-refractivity contribution in [3.63, 3.8) is 0 Å². The van der Waals surface area contributed by atoms with Crippen molar-refractivity contribution in [2.75, 3.05) is 0 Å². The zero-order chi connectivity index (χ0) is 13.3. The highest BCUT2D eigenvalue weighted by atomic mass is 32.2. The summed E-state index contributed by atoms with van der Waals surface area (Å²) in [5, 5.41) is 0. The Balaban J connectivity index is 3.08. The van der Waals surface area contributed by atoms with E-state index in [9.17, 15) is 26.0 Å². The molecule has 0 aromatic carbocycles. The molecule has 0 saturated heterocycles. The molecule has 17 heavy (non-hydrogen) atoms. The summed E-state index contributed by atoms with van der Waals surface area (Å²) in [5.41, 5.74) is -5.42. The van der Waals surface area contributed by atoms with Crippen LogP contribution in [0.5, 0.6) is 5.88 Å². The first kappa shape index (κ1) is 13.7. The molecule has 4 nitrogen and oxygen atoms in total. The highest BCUT2D eigenvalue weighted by molar-refractivity contribution is 7.87. The monoisotopic (exact) mass is 273 g/mol. The summed E-state index contributed by atoms with van der Waals surface area (Å²) in [6.45, 7) is 0.401. The van der Waals surface area contributed by atoms with E-state index in [1.807, 2.05) is 0 Å². The van der Waals surface area contributed by atoms with E-state index in [-0.39, 0.29) is 5.69 Å². The van der Waals surface area contributed by atoms with E-state index < -0.39 is 28.2 Å². The Kier molecular flexibility index (Phi) is 3.60. The smallest absolute Gasteiger partial charge is 0.355 e. The van der Waals surface area contributed by atoms with Crippen LogP contribution in [0, 0.1) is 6.92 Å². The minimum atomic E-state index is -5.78. The van der Waals surface area contributed by atoms with Crippen LogP contribution in [0.1, 0.15) is 11.3 Å². The molecule has 0 aliphatic rings. The van der Waals surface area contributed by atoms with Crippen LogP contribution in [0.25, 0.3) is 0 Å². The van der Waals surface area contributed by atoms with Crippen LogP contribution in [0.4, 0.5) is 17.6 Å². The van der Waals surface area contributed by atoms with Crippen molar-refractivity contribution in [3.05, 3.63) is 23.4 Å². The van der Waals surface area contributed by atoms with Crippen molar-refractivity contribution in [2.45, 2.75) is 19.1 Å². The number of rotatable bonds is 3. The number of hydrogen-bond donors (Lipinski definition) is 0. The first-order valence-corrected chi connectivity index (χ1v) is 5.61. The quantitative estimate of drug-likeness (QED) is 0.480. The Hall–Kier alpha value is -1.38. The van der Waals surface area contributed by atoms with Crippen LogP contribution in [0.2, 0.25) is 0 Å². The first-order valence-electron chi connectivity index (χ1n) is 4.20. The molecule has 0 aliphatic carbocycles. The van der Waals surface area contributed by atoms with E-state index >= 15 is 0 Å². The number of alkyl halides is 4. The molecule has 0 amide bonds. The zero-order valence-electron chi connectivity index (χ0n) is 8.45. The van der Waals surface area contributed by atoms with Gasteiger partial charge in [0.15, 0.2) is 0 Å². The maximum atomic E-state index is 12.3. The molecule has 0 atom stereocenters. The summed E-state index contributed by atoms with van der Waals surface area (Å²) < 4.78 is 73.3. The van der Waals surface area contributed by atoms with Crippen LogP contribution in [0.3, 0.4) is 0 Å². The van der Waals surface area contributed by atoms with Gasteiger partial charge in [-0.25, -0.2) is 9.37 Å². The SMILES string of the molecule is Cc1cc(CF)nc(OS(=O)(=O)C(F)(F)F)c1. The van der Waals surface area contributed by atoms with Crippen LogP contribution in [0.15, 0.2) is 12.1 Å². The van der Waals surface area contributed by atoms with Gasteiger partial charge in [-0.2, -0.15) is 21.6 Å². The van der Waals surface area contributed by atoms with E-state index in [1.165, 1.54) is 13.0 Å². The third kappa shape index (κ3) is 3.29. The van der Waals surface area contributed by atoms with Gasteiger partial charge >= 0.3 is 15.6 Å². The van der Waals surface area contributed by atoms with Crippen LogP contribution in [-0.4, -0.2) is 18.9 Å². The summed E-state index contributed by atoms with van der Waals surface area (Å²) in [7, 11) is -5.78. The average Bonchev–Trinajstić information content (AvgIpc) is 2.14. The van der Waals surface area contributed by atoms with Crippen molar-refractivity contribution >= 4 is 10.1 Å². The van der Waals surface area contributed by atoms with Gasteiger partial charge in [0.1, 0.15) is 6.67 Å². The Labute approximate surface area is 94.4 Å². The molecule has 0 saturated carbocycles. The Morgan fingerprint density at radius 2 is 1.94 bits per heavy atom. The van der Waals surface area contributed by atoms with Gasteiger partial charge in [-0.1, -0.05) is 0 Å². The molecular formula is C8H7F4NO3S. The number of pyridine rings is 1. The van der Waals surface area contributed by atoms with Gasteiger partial charge in [-0.3, -0.25) is 0 Å². The maximum Gasteiger partial charge on any atom is 0.534 e. The lowest BCUT2D eigenvalue weighted by molar-refractivity contribution is -0.0501. The fourth-order valence-electron chi connectivity index (χ4n) is 0.976. The van der Waals surface area contributed by atoms with Crippen molar-refractivity contribution < 1.29 is 30.2 Å². The van der Waals surface area contributed by atoms with E-state index in [4.69, 9.17) is 0 Å². The first-order chi connectivity index (χ1) is 7.65. The molecule has 0 fully saturated rings. The lowest BCUT2D eigenvalue weighted by Crippen LogP contribution is -2.28. The maximum absolute atomic E-state index is 12.3. The summed E-state index contributed by atoms with van der Waals surface area (Å²) in [6, 6.07) is 2.22. The van der Waals surface area contributed by atoms with Crippen molar-refractivity contribution in [1.29, 1.82) is 0 Å². The standard InChI is InChI=1S/C8H7F4NO3S/c1-5-2-6(4-9)13-7(3-5)16-17(14,15)8(10,11)12/h2-3H,4H2,1H3. The third-order valence-electron chi connectivity index (χ3n) is 1.61. The molecule has 1 heterocycles. The minimum absolute atomic E-state index is 0.211. The van der Waals surface area contributed by atoms with Gasteiger partial charge in [0, 0.05) is 6.07 Å². The Morgan fingerprint density at radius 1 is 1.35 bits per heavy atom. The van der Waals surface area contributed by atoms with Crippen molar-refractivity contribution in [1.82, 2.24) is 4.98 Å². The normalized spacial score (nSPS) is 12.5. The van der Waals surface area contributed by atoms with E-state index in [2.05, 4.69) is 9.17 Å². The lowest BCUT2D eigenvalue weighted by Gasteiger charge is -2.09. The fraction of sp³-hybridized carbons (Fsp3) is 0.375. The number of nitrogens with zero attached hydrogens (tertiary/aromatic N) is 1. The third-order valence-corrected chi connectivity index (χ3v) is 2.57. The number of aromatic nitrogens is 1. The van der Waals surface area contributed by atoms with Crippen LogP contribution >= 0.6 is 0 Å². The molecule has 0 radical (unpaired) electrons. The number of aryl methyl sites for hydroxylation is 1. The molecule has 0 unspecified atom stereocenters. The van der Waals surface area contributed by atoms with Gasteiger partial charge in [0.25, 0.3) is 0 Å². The molecule has 1 rings (SSSR count). The van der Waals surface area contributed by atoms with Crippen LogP contribution in [-0.2, 0) is 16.8 Å². The molecule has 9 heteroatoms. The second kappa shape index (κ2) is 4.47. The lowest BCUT2D eigenvalue weighted by atomic mass is 10.2. The molecule has 1 aromatic rings. The molecule has 0 aliphatic heterocycles. The summed E-state index contributed by atoms with van der Waals surface area (Å²) in [5.74, 6) is -0.810. The summed E-state index contributed by atoms with van der Waals surface area (Å²) >= 11 is 0. The Morgan fingerprint density at radius 3 is 2.41 bits per heavy atom. The highest BCUT2D eigenvalue weighted by Crippen LogP contribution is 2.26. The number of hydrogen-bond acceptors (Lipinski definition) is 4. The Bertz CT molecular complexity index is 512. The van der Waals surface area contributed by atoms with E-state index in [0.29, 0.717) is 5.56 Å². The predicted octanol–water partition coefficient (Wildman–Crippen LogP) is 2.09. The summed E-state index contributed by atoms with van der Waals surface area (Å²) in [6.07, 6.45) is 0. The second-order valence-corrected chi connectivity index (χ2v) is 4.63. The zero-order valence-corrected chi connectivity index (χ0v) is 9.27. The highest BCUT2D eigenvalue weighted by Gasteiger charge is 2.48. The van der Waals surface area contributed by atoms with Gasteiger partial charge in [-0.05, 0) is 18.6 Å². The largest absolute Gasteiger partial charge is 0.534 e. The number of halogens is 4. The van der Waals surface area contributed by atoms with Crippen LogP contribution < -0.4 is 4.18 Å². The minimum Gasteiger partial charge on any atom is -0.355 e. The van der Waals surface area contributed by atoms with Gasteiger partial charge in [-0.15, -0.1) is 0 Å². The van der Waals surface area contributed by atoms with Crippen molar-refractivity contribution in [3.8, 4) is 5.88 Å². The molecule has 1 aromatic heterocycles. The fourth-order valence-corrected chi connectivity index (χ4v) is 1.38. The molecular weight excluding hydrogens is 266 g/mol. The second-order valence-electron chi connectivity index (χ2n) is 3.09. The topological polar surface area (TPSA) is 56.3 Å². The average molecular weight is 273 g/mol. The molecule has 0 bridgehead atoms. The van der Waals surface area contributed by atoms with E-state index in [1.54, 1.807) is 0 Å². The van der Waals surface area contributed by atoms with Gasteiger partial charge in [0.2, 0.25) is 5.88 Å². The van der Waals surface area contributed by atoms with Crippen molar-refractivity contribution in [2.24, 2.45) is 0 Å². The molecule has 0 spiro atoms. The molecule has 0 N–H and O–H groups in total. The molecule has 96 valence electrons. The van der Waals surface area contributed by atoms with E-state index in [0.717, 1.165) is 6.07 Å². The predicted molar refractivity (Wildman–Crippen MR) is 49.4 cm³/mol. The van der Waals surface area contributed by atoms with Gasteiger partial charge < -0.3 is 4.18 Å². The van der Waals surface area contributed by atoms with Gasteiger partial charge in [0.05, 0.1) is 5.69 Å². The summed E-state index contributed by atoms with van der Waals surface area (Å²) in [4.78, 5) is 3.27.